The van der Waals surface area contributed by atoms with Crippen molar-refractivity contribution in [3.05, 3.63) is 24.3 Å². The van der Waals surface area contributed by atoms with E-state index in [-0.39, 0.29) is 0 Å². The van der Waals surface area contributed by atoms with Crippen LogP contribution in [0.3, 0.4) is 0 Å². The summed E-state index contributed by atoms with van der Waals surface area (Å²) in [5, 5.41) is 6.53. The normalized spacial score (nSPS) is 14.7. The van der Waals surface area contributed by atoms with E-state index in [9.17, 15) is 0 Å². The van der Waals surface area contributed by atoms with Crippen molar-refractivity contribution in [1.29, 1.82) is 0 Å². The van der Waals surface area contributed by atoms with Gasteiger partial charge in [-0.1, -0.05) is 0 Å². The van der Waals surface area contributed by atoms with Gasteiger partial charge in [0.25, 0.3) is 0 Å². The minimum atomic E-state index is 0.597. The first kappa shape index (κ1) is 15.5. The van der Waals surface area contributed by atoms with Gasteiger partial charge in [0.1, 0.15) is 18.1 Å². The lowest BCUT2D eigenvalue weighted by Crippen LogP contribution is -2.39. The Bertz CT molecular complexity index is 441. The quantitative estimate of drug-likeness (QED) is 0.437. The summed E-state index contributed by atoms with van der Waals surface area (Å²) in [6.07, 6.45) is 2.65. The third-order valence-electron chi connectivity index (χ3n) is 3.27. The van der Waals surface area contributed by atoms with E-state index in [4.69, 9.17) is 9.47 Å². The number of nitrogens with zero attached hydrogens (tertiary/aromatic N) is 1. The number of ether oxygens (including phenoxy) is 2. The van der Waals surface area contributed by atoms with Crippen molar-refractivity contribution in [3.8, 4) is 11.5 Å². The number of hydrogen-bond acceptors (Lipinski definition) is 3. The summed E-state index contributed by atoms with van der Waals surface area (Å²) < 4.78 is 10.8. The van der Waals surface area contributed by atoms with Crippen LogP contribution in [-0.2, 0) is 0 Å². The summed E-state index contributed by atoms with van der Waals surface area (Å²) in [7, 11) is 1.66. The largest absolute Gasteiger partial charge is 0.497 e. The fraction of sp³-hybridized carbons (Fsp3) is 0.562. The Balaban J connectivity index is 1.67. The Morgan fingerprint density at radius 3 is 2.52 bits per heavy atom. The van der Waals surface area contributed by atoms with Crippen LogP contribution < -0.4 is 20.1 Å². The van der Waals surface area contributed by atoms with E-state index in [0.717, 1.165) is 43.0 Å². The summed E-state index contributed by atoms with van der Waals surface area (Å²) in [6, 6.07) is 7.60. The maximum atomic E-state index is 5.67. The van der Waals surface area contributed by atoms with E-state index in [1.54, 1.807) is 7.11 Å². The first-order valence-electron chi connectivity index (χ1n) is 7.61. The second kappa shape index (κ2) is 8.39. The second-order valence-electron chi connectivity index (χ2n) is 5.11. The highest BCUT2D eigenvalue weighted by Gasteiger charge is 2.20. The highest BCUT2D eigenvalue weighted by Crippen LogP contribution is 2.28. The maximum Gasteiger partial charge on any atom is 0.191 e. The molecule has 0 aromatic heterocycles. The van der Waals surface area contributed by atoms with Crippen LogP contribution in [0.15, 0.2) is 29.3 Å². The smallest absolute Gasteiger partial charge is 0.191 e. The second-order valence-corrected chi connectivity index (χ2v) is 5.11. The predicted molar refractivity (Wildman–Crippen MR) is 85.2 cm³/mol. The Morgan fingerprint density at radius 1 is 1.19 bits per heavy atom. The fourth-order valence-corrected chi connectivity index (χ4v) is 1.87. The van der Waals surface area contributed by atoms with Crippen LogP contribution in [0.4, 0.5) is 0 Å². The summed E-state index contributed by atoms with van der Waals surface area (Å²) in [6.45, 7) is 5.19. The van der Waals surface area contributed by atoms with Gasteiger partial charge in [-0.2, -0.15) is 0 Å². The Hall–Kier alpha value is -1.91. The van der Waals surface area contributed by atoms with Crippen LogP contribution in [0.5, 0.6) is 11.5 Å². The number of methoxy groups -OCH3 is 1. The van der Waals surface area contributed by atoms with E-state index in [0.29, 0.717) is 6.61 Å². The van der Waals surface area contributed by atoms with E-state index in [1.165, 1.54) is 12.8 Å². The highest BCUT2D eigenvalue weighted by molar-refractivity contribution is 5.79. The standard InChI is InChI=1S/C16H25N3O2/c1-3-17-16(19-12-13-4-5-13)18-10-11-21-15-8-6-14(20-2)7-9-15/h6-9,13H,3-5,10-12H2,1-2H3,(H2,17,18,19). The third-order valence-corrected chi connectivity index (χ3v) is 3.27. The minimum Gasteiger partial charge on any atom is -0.497 e. The third kappa shape index (κ3) is 5.94. The van der Waals surface area contributed by atoms with E-state index >= 15 is 0 Å². The van der Waals surface area contributed by atoms with Gasteiger partial charge in [0, 0.05) is 13.1 Å². The monoisotopic (exact) mass is 291 g/mol. The Morgan fingerprint density at radius 2 is 1.90 bits per heavy atom. The first-order valence-corrected chi connectivity index (χ1v) is 7.61. The number of hydrogen-bond donors (Lipinski definition) is 2. The molecule has 1 aliphatic rings. The molecule has 0 radical (unpaired) electrons. The first-order chi connectivity index (χ1) is 10.3. The number of rotatable bonds is 8. The molecule has 1 fully saturated rings. The van der Waals surface area contributed by atoms with Gasteiger partial charge in [-0.25, -0.2) is 0 Å². The van der Waals surface area contributed by atoms with Gasteiger partial charge in [0.05, 0.1) is 13.7 Å². The molecule has 1 aliphatic carbocycles. The lowest BCUT2D eigenvalue weighted by Gasteiger charge is -2.12. The van der Waals surface area contributed by atoms with Crippen molar-refractivity contribution in [2.75, 3.05) is 33.4 Å². The summed E-state index contributed by atoms with van der Waals surface area (Å²) in [4.78, 5) is 4.57. The van der Waals surface area contributed by atoms with Crippen molar-refractivity contribution in [2.24, 2.45) is 10.9 Å². The zero-order chi connectivity index (χ0) is 14.9. The topological polar surface area (TPSA) is 54.9 Å². The van der Waals surface area contributed by atoms with Crippen molar-refractivity contribution >= 4 is 5.96 Å². The molecule has 0 spiro atoms. The van der Waals surface area contributed by atoms with Crippen molar-refractivity contribution in [1.82, 2.24) is 10.6 Å². The number of nitrogens with one attached hydrogen (secondary N) is 2. The molecule has 5 heteroatoms. The van der Waals surface area contributed by atoms with Gasteiger partial charge in [-0.05, 0) is 49.9 Å². The number of benzene rings is 1. The van der Waals surface area contributed by atoms with Gasteiger partial charge in [-0.3, -0.25) is 4.99 Å². The van der Waals surface area contributed by atoms with Crippen molar-refractivity contribution < 1.29 is 9.47 Å². The Labute approximate surface area is 126 Å². The molecule has 1 saturated carbocycles. The van der Waals surface area contributed by atoms with Crippen LogP contribution in [0.25, 0.3) is 0 Å². The molecular formula is C16H25N3O2. The molecule has 0 amide bonds. The zero-order valence-corrected chi connectivity index (χ0v) is 12.9. The molecule has 21 heavy (non-hydrogen) atoms. The molecule has 1 aromatic rings. The molecule has 0 unspecified atom stereocenters. The molecule has 0 bridgehead atoms. The molecule has 1 aromatic carbocycles. The fourth-order valence-electron chi connectivity index (χ4n) is 1.87. The van der Waals surface area contributed by atoms with Gasteiger partial charge < -0.3 is 20.1 Å². The van der Waals surface area contributed by atoms with Gasteiger partial charge >= 0.3 is 0 Å². The van der Waals surface area contributed by atoms with E-state index < -0.39 is 0 Å². The van der Waals surface area contributed by atoms with Crippen molar-refractivity contribution in [3.63, 3.8) is 0 Å². The molecular weight excluding hydrogens is 266 g/mol. The average molecular weight is 291 g/mol. The van der Waals surface area contributed by atoms with Crippen LogP contribution >= 0.6 is 0 Å². The SMILES string of the molecule is CCNC(=NCC1CC1)NCCOc1ccc(OC)cc1. The highest BCUT2D eigenvalue weighted by atomic mass is 16.5. The van der Waals surface area contributed by atoms with Gasteiger partial charge in [0.15, 0.2) is 5.96 Å². The Kier molecular flexibility index (Phi) is 6.19. The molecule has 0 aliphatic heterocycles. The predicted octanol–water partition coefficient (Wildman–Crippen LogP) is 2.04. The van der Waals surface area contributed by atoms with Gasteiger partial charge in [-0.15, -0.1) is 0 Å². The number of guanidine groups is 1. The zero-order valence-electron chi connectivity index (χ0n) is 12.9. The van der Waals surface area contributed by atoms with Crippen molar-refractivity contribution in [2.45, 2.75) is 19.8 Å². The van der Waals surface area contributed by atoms with E-state index in [1.807, 2.05) is 24.3 Å². The van der Waals surface area contributed by atoms with E-state index in [2.05, 4.69) is 22.5 Å². The molecule has 116 valence electrons. The number of aliphatic imine (C=N–C) groups is 1. The van der Waals surface area contributed by atoms with Crippen LogP contribution in [0, 0.1) is 5.92 Å². The minimum absolute atomic E-state index is 0.597. The van der Waals surface area contributed by atoms with Crippen LogP contribution in [0.2, 0.25) is 0 Å². The average Bonchev–Trinajstić information content (AvgIpc) is 3.34. The molecule has 2 N–H and O–H groups in total. The lowest BCUT2D eigenvalue weighted by molar-refractivity contribution is 0.321. The van der Waals surface area contributed by atoms with Gasteiger partial charge in [0.2, 0.25) is 0 Å². The van der Waals surface area contributed by atoms with Crippen LogP contribution in [0.1, 0.15) is 19.8 Å². The maximum absolute atomic E-state index is 5.67. The summed E-state index contributed by atoms with van der Waals surface area (Å²) >= 11 is 0. The molecule has 5 nitrogen and oxygen atoms in total. The molecule has 0 saturated heterocycles. The molecule has 0 heterocycles. The molecule has 2 rings (SSSR count). The summed E-state index contributed by atoms with van der Waals surface area (Å²) in [5.41, 5.74) is 0. The van der Waals surface area contributed by atoms with Crippen LogP contribution in [-0.4, -0.2) is 39.3 Å². The molecule has 0 atom stereocenters. The summed E-state index contributed by atoms with van der Waals surface area (Å²) in [5.74, 6) is 3.36. The lowest BCUT2D eigenvalue weighted by atomic mass is 10.3.